The lowest BCUT2D eigenvalue weighted by Gasteiger charge is -2.39. The first-order chi connectivity index (χ1) is 11.7. The van der Waals surface area contributed by atoms with Gasteiger partial charge in [-0.05, 0) is 68.6 Å². The molecule has 6 nitrogen and oxygen atoms in total. The Hall–Kier alpha value is -1.63. The highest BCUT2D eigenvalue weighted by Gasteiger charge is 2.46. The van der Waals surface area contributed by atoms with Crippen molar-refractivity contribution < 1.29 is 19.1 Å². The van der Waals surface area contributed by atoms with Gasteiger partial charge in [-0.1, -0.05) is 6.07 Å². The second-order valence-corrected chi connectivity index (χ2v) is 7.93. The molecule has 0 N–H and O–H groups in total. The number of hydrogen-bond donors (Lipinski definition) is 0. The van der Waals surface area contributed by atoms with Crippen molar-refractivity contribution >= 4 is 28.0 Å². The number of halogens is 1. The SMILES string of the molecule is CCOC(=O)C1(c2cccc(Br)n2)CCN(C(=O)OC(C)(C)C)CC1. The van der Waals surface area contributed by atoms with Crippen LogP contribution >= 0.6 is 15.9 Å². The number of nitrogens with zero attached hydrogens (tertiary/aromatic N) is 2. The molecule has 1 amide bonds. The summed E-state index contributed by atoms with van der Waals surface area (Å²) in [6, 6.07) is 5.51. The molecule has 2 rings (SSSR count). The fraction of sp³-hybridized carbons (Fsp3) is 0.611. The predicted molar refractivity (Wildman–Crippen MR) is 97.3 cm³/mol. The summed E-state index contributed by atoms with van der Waals surface area (Å²) in [7, 11) is 0. The number of likely N-dealkylation sites (tertiary alicyclic amines) is 1. The molecule has 0 spiro atoms. The first kappa shape index (κ1) is 19.7. The van der Waals surface area contributed by atoms with Gasteiger partial charge in [-0.3, -0.25) is 4.79 Å². The monoisotopic (exact) mass is 412 g/mol. The minimum absolute atomic E-state index is 0.288. The van der Waals surface area contributed by atoms with E-state index in [1.54, 1.807) is 11.8 Å². The van der Waals surface area contributed by atoms with Crippen LogP contribution < -0.4 is 0 Å². The van der Waals surface area contributed by atoms with Crippen LogP contribution in [0.15, 0.2) is 22.8 Å². The van der Waals surface area contributed by atoms with Crippen molar-refractivity contribution in [2.75, 3.05) is 19.7 Å². The highest BCUT2D eigenvalue weighted by molar-refractivity contribution is 9.10. The molecule has 0 aliphatic carbocycles. The van der Waals surface area contributed by atoms with Gasteiger partial charge in [-0.25, -0.2) is 9.78 Å². The largest absolute Gasteiger partial charge is 0.465 e. The Morgan fingerprint density at radius 2 is 1.92 bits per heavy atom. The maximum absolute atomic E-state index is 12.7. The number of ether oxygens (including phenoxy) is 2. The molecule has 0 atom stereocenters. The standard InChI is InChI=1S/C18H25BrN2O4/c1-5-24-15(22)18(13-7-6-8-14(19)20-13)9-11-21(12-10-18)16(23)25-17(2,3)4/h6-8H,5,9-12H2,1-4H3. The van der Waals surface area contributed by atoms with E-state index in [9.17, 15) is 9.59 Å². The van der Waals surface area contributed by atoms with Crippen LogP contribution in [-0.2, 0) is 19.7 Å². The molecule has 1 aromatic heterocycles. The summed E-state index contributed by atoms with van der Waals surface area (Å²) in [5.74, 6) is -0.288. The molecule has 7 heteroatoms. The third-order valence-corrected chi connectivity index (χ3v) is 4.58. The number of carbonyl (C=O) groups is 2. The summed E-state index contributed by atoms with van der Waals surface area (Å²) in [5.41, 5.74) is -0.708. The van der Waals surface area contributed by atoms with Gasteiger partial charge in [0.1, 0.15) is 15.6 Å². The molecular formula is C18H25BrN2O4. The summed E-state index contributed by atoms with van der Waals surface area (Å²) >= 11 is 3.36. The Kier molecular flexibility index (Phi) is 6.08. The van der Waals surface area contributed by atoms with E-state index < -0.39 is 11.0 Å². The van der Waals surface area contributed by atoms with E-state index in [-0.39, 0.29) is 12.1 Å². The van der Waals surface area contributed by atoms with Crippen LogP contribution in [0.5, 0.6) is 0 Å². The predicted octanol–water partition coefficient (Wildman–Crippen LogP) is 3.68. The van der Waals surface area contributed by atoms with E-state index in [4.69, 9.17) is 9.47 Å². The maximum Gasteiger partial charge on any atom is 0.410 e. The van der Waals surface area contributed by atoms with Crippen molar-refractivity contribution in [3.63, 3.8) is 0 Å². The van der Waals surface area contributed by atoms with Crippen LogP contribution in [0.2, 0.25) is 0 Å². The zero-order valence-electron chi connectivity index (χ0n) is 15.2. The molecule has 1 fully saturated rings. The van der Waals surface area contributed by atoms with Crippen LogP contribution in [0.3, 0.4) is 0 Å². The fourth-order valence-corrected chi connectivity index (χ4v) is 3.25. The first-order valence-electron chi connectivity index (χ1n) is 8.46. The molecule has 0 unspecified atom stereocenters. The molecule has 0 bridgehead atoms. The summed E-state index contributed by atoms with van der Waals surface area (Å²) in [6.45, 7) is 8.44. The molecule has 138 valence electrons. The number of aromatic nitrogens is 1. The van der Waals surface area contributed by atoms with E-state index in [1.807, 2.05) is 39.0 Å². The van der Waals surface area contributed by atoms with Crippen LogP contribution in [0.1, 0.15) is 46.2 Å². The van der Waals surface area contributed by atoms with Gasteiger partial charge < -0.3 is 14.4 Å². The van der Waals surface area contributed by atoms with Gasteiger partial charge in [0, 0.05) is 13.1 Å². The smallest absolute Gasteiger partial charge is 0.410 e. The second-order valence-electron chi connectivity index (χ2n) is 7.12. The van der Waals surface area contributed by atoms with Gasteiger partial charge >= 0.3 is 12.1 Å². The van der Waals surface area contributed by atoms with Crippen molar-refractivity contribution in [1.82, 2.24) is 9.88 Å². The number of piperidine rings is 1. The molecule has 1 saturated heterocycles. The Morgan fingerprint density at radius 3 is 2.44 bits per heavy atom. The summed E-state index contributed by atoms with van der Waals surface area (Å²) in [4.78, 5) is 31.1. The Morgan fingerprint density at radius 1 is 1.28 bits per heavy atom. The first-order valence-corrected chi connectivity index (χ1v) is 9.25. The fourth-order valence-electron chi connectivity index (χ4n) is 2.91. The topological polar surface area (TPSA) is 68.7 Å². The van der Waals surface area contributed by atoms with Gasteiger partial charge in [0.2, 0.25) is 0 Å². The van der Waals surface area contributed by atoms with Gasteiger partial charge in [-0.15, -0.1) is 0 Å². The van der Waals surface area contributed by atoms with Crippen LogP contribution in [-0.4, -0.2) is 47.2 Å². The number of esters is 1. The van der Waals surface area contributed by atoms with Crippen molar-refractivity contribution in [1.29, 1.82) is 0 Å². The second kappa shape index (κ2) is 7.72. The van der Waals surface area contributed by atoms with E-state index in [2.05, 4.69) is 20.9 Å². The number of amides is 1. The average Bonchev–Trinajstić information content (AvgIpc) is 2.53. The lowest BCUT2D eigenvalue weighted by molar-refractivity contribution is -0.152. The molecule has 25 heavy (non-hydrogen) atoms. The van der Waals surface area contributed by atoms with Gasteiger partial charge in [-0.2, -0.15) is 0 Å². The molecule has 0 radical (unpaired) electrons. The van der Waals surface area contributed by atoms with Crippen molar-refractivity contribution in [2.45, 2.75) is 51.6 Å². The number of carbonyl (C=O) groups excluding carboxylic acids is 2. The maximum atomic E-state index is 12.7. The summed E-state index contributed by atoms with van der Waals surface area (Å²) in [5, 5.41) is 0. The van der Waals surface area contributed by atoms with Gasteiger partial charge in [0.15, 0.2) is 0 Å². The lowest BCUT2D eigenvalue weighted by atomic mass is 9.75. The average molecular weight is 413 g/mol. The van der Waals surface area contributed by atoms with E-state index in [1.165, 1.54) is 0 Å². The van der Waals surface area contributed by atoms with E-state index in [0.717, 1.165) is 0 Å². The van der Waals surface area contributed by atoms with E-state index >= 15 is 0 Å². The number of rotatable bonds is 3. The summed E-state index contributed by atoms with van der Waals surface area (Å²) in [6.07, 6.45) is 0.551. The Bertz CT molecular complexity index is 634. The Balaban J connectivity index is 2.21. The minimum Gasteiger partial charge on any atom is -0.465 e. The van der Waals surface area contributed by atoms with Gasteiger partial charge in [0.25, 0.3) is 0 Å². The zero-order chi connectivity index (χ0) is 18.7. The normalized spacial score (nSPS) is 17.1. The van der Waals surface area contributed by atoms with Gasteiger partial charge in [0.05, 0.1) is 12.3 Å². The number of hydrogen-bond acceptors (Lipinski definition) is 5. The van der Waals surface area contributed by atoms with Crippen LogP contribution in [0.25, 0.3) is 0 Å². The minimum atomic E-state index is -0.835. The molecule has 0 saturated carbocycles. The number of pyridine rings is 1. The quantitative estimate of drug-likeness (QED) is 0.559. The third kappa shape index (κ3) is 4.71. The molecule has 1 aromatic rings. The molecule has 1 aliphatic heterocycles. The molecule has 2 heterocycles. The third-order valence-electron chi connectivity index (χ3n) is 4.14. The summed E-state index contributed by atoms with van der Waals surface area (Å²) < 4.78 is 11.4. The van der Waals surface area contributed by atoms with Crippen LogP contribution in [0.4, 0.5) is 4.79 Å². The van der Waals surface area contributed by atoms with Crippen molar-refractivity contribution in [3.05, 3.63) is 28.5 Å². The lowest BCUT2D eigenvalue weighted by Crippen LogP contribution is -2.51. The van der Waals surface area contributed by atoms with E-state index in [0.29, 0.717) is 42.8 Å². The van der Waals surface area contributed by atoms with Crippen molar-refractivity contribution in [3.8, 4) is 0 Å². The Labute approximate surface area is 157 Å². The molecular weight excluding hydrogens is 388 g/mol. The highest BCUT2D eigenvalue weighted by atomic mass is 79.9. The highest BCUT2D eigenvalue weighted by Crippen LogP contribution is 2.37. The molecule has 1 aliphatic rings. The van der Waals surface area contributed by atoms with Crippen molar-refractivity contribution in [2.24, 2.45) is 0 Å². The molecule has 0 aromatic carbocycles. The zero-order valence-corrected chi connectivity index (χ0v) is 16.8. The van der Waals surface area contributed by atoms with Crippen LogP contribution in [0, 0.1) is 0 Å².